The molecule has 1 aromatic carbocycles. The molecule has 31 heavy (non-hydrogen) atoms. The zero-order valence-electron chi connectivity index (χ0n) is 17.8. The fourth-order valence-electron chi connectivity index (χ4n) is 3.31. The van der Waals surface area contributed by atoms with Crippen molar-refractivity contribution in [3.63, 3.8) is 0 Å². The van der Waals surface area contributed by atoms with E-state index < -0.39 is 27.0 Å². The molecule has 0 atom stereocenters. The molecule has 0 aromatic heterocycles. The number of alkyl halides is 3. The highest BCUT2D eigenvalue weighted by Crippen LogP contribution is 2.44. The molecule has 2 aliphatic heterocycles. The van der Waals surface area contributed by atoms with Gasteiger partial charge in [0.25, 0.3) is 0 Å². The average Bonchev–Trinajstić information content (AvgIpc) is 2.65. The number of methoxy groups -OCH3 is 1. The maximum absolute atomic E-state index is 12.9. The number of rotatable bonds is 5. The van der Waals surface area contributed by atoms with Gasteiger partial charge < -0.3 is 18.4 Å². The first-order valence-electron chi connectivity index (χ1n) is 9.71. The lowest BCUT2D eigenvalue weighted by molar-refractivity contribution is -0.0822. The van der Waals surface area contributed by atoms with E-state index in [2.05, 4.69) is 9.08 Å². The summed E-state index contributed by atoms with van der Waals surface area (Å²) in [7, 11) is -4.39. The summed E-state index contributed by atoms with van der Waals surface area (Å²) in [5.41, 5.74) is -6.75. The van der Waals surface area contributed by atoms with Crippen molar-refractivity contribution in [3.05, 3.63) is 29.8 Å². The third-order valence-corrected chi connectivity index (χ3v) is 5.99. The quantitative estimate of drug-likeness (QED) is 0.482. The number of fused-ring (bicyclic) bond motifs is 1. The van der Waals surface area contributed by atoms with Gasteiger partial charge >= 0.3 is 15.6 Å². The van der Waals surface area contributed by atoms with Gasteiger partial charge in [-0.2, -0.15) is 21.6 Å². The van der Waals surface area contributed by atoms with Crippen LogP contribution in [0, 0.1) is 0 Å². The largest absolute Gasteiger partial charge is 0.534 e. The summed E-state index contributed by atoms with van der Waals surface area (Å²) in [5, 5.41) is 0. The molecule has 1 aromatic rings. The molecule has 1 saturated heterocycles. The van der Waals surface area contributed by atoms with Crippen LogP contribution < -0.4 is 9.47 Å². The summed E-state index contributed by atoms with van der Waals surface area (Å²) in [5.74, 6) is 0.221. The maximum atomic E-state index is 12.9. The van der Waals surface area contributed by atoms with Crippen LogP contribution in [0.3, 0.4) is 0 Å². The minimum atomic E-state index is -5.83. The fraction of sp³-hybridized carbons (Fsp3) is 0.600. The highest BCUT2D eigenvalue weighted by atomic mass is 32.2. The molecule has 0 radical (unpaired) electrons. The predicted octanol–water partition coefficient (Wildman–Crippen LogP) is 3.90. The Morgan fingerprint density at radius 3 is 2.35 bits per heavy atom. The van der Waals surface area contributed by atoms with Crippen LogP contribution in [0.1, 0.15) is 39.2 Å². The smallest absolute Gasteiger partial charge is 0.497 e. The molecule has 1 fully saturated rings. The maximum Gasteiger partial charge on any atom is 0.534 e. The molecule has 0 unspecified atom stereocenters. The topological polar surface area (TPSA) is 74.3 Å². The SMILES string of the molecule is COc1ccc2c(c1)OC1(C=C2OS(=O)(=O)C(F)(F)F)CCN(COC(C)(C)C)CC1. The third kappa shape index (κ3) is 5.45. The van der Waals surface area contributed by atoms with Crippen LogP contribution in [0.2, 0.25) is 0 Å². The molecule has 2 aliphatic rings. The molecule has 3 rings (SSSR count). The Balaban J connectivity index is 1.88. The summed E-state index contributed by atoms with van der Waals surface area (Å²) >= 11 is 0. The van der Waals surface area contributed by atoms with Crippen LogP contribution in [0.15, 0.2) is 24.3 Å². The molecular weight excluding hydrogens is 439 g/mol. The lowest BCUT2D eigenvalue weighted by Crippen LogP contribution is -2.49. The molecule has 7 nitrogen and oxygen atoms in total. The Kier molecular flexibility index (Phi) is 6.25. The summed E-state index contributed by atoms with van der Waals surface area (Å²) in [6.45, 7) is 7.33. The lowest BCUT2D eigenvalue weighted by atomic mass is 9.87. The van der Waals surface area contributed by atoms with Gasteiger partial charge in [-0.3, -0.25) is 4.90 Å². The molecule has 2 heterocycles. The van der Waals surface area contributed by atoms with Gasteiger partial charge in [0.1, 0.15) is 17.1 Å². The normalized spacial score (nSPS) is 19.4. The second kappa shape index (κ2) is 8.18. The highest BCUT2D eigenvalue weighted by Gasteiger charge is 2.50. The molecule has 0 bridgehead atoms. The summed E-state index contributed by atoms with van der Waals surface area (Å²) in [6, 6.07) is 4.40. The fourth-order valence-corrected chi connectivity index (χ4v) is 3.78. The number of hydrogen-bond donors (Lipinski definition) is 0. The molecule has 0 aliphatic carbocycles. The van der Waals surface area contributed by atoms with Crippen molar-refractivity contribution in [2.45, 2.75) is 50.3 Å². The Labute approximate surface area is 179 Å². The first-order valence-corrected chi connectivity index (χ1v) is 11.1. The number of piperidine rings is 1. The zero-order chi connectivity index (χ0) is 23.1. The second-order valence-corrected chi connectivity index (χ2v) is 10.1. The minimum absolute atomic E-state index is 0.109. The third-order valence-electron chi connectivity index (χ3n) is 5.03. The van der Waals surface area contributed by atoms with Crippen molar-refractivity contribution < 1.29 is 40.0 Å². The Hall–Kier alpha value is -1.98. The molecule has 0 saturated carbocycles. The summed E-state index contributed by atoms with van der Waals surface area (Å²) in [4.78, 5) is 2.06. The van der Waals surface area contributed by atoms with E-state index in [-0.39, 0.29) is 16.9 Å². The molecular formula is C20H26F3NO6S. The van der Waals surface area contributed by atoms with E-state index in [1.54, 1.807) is 0 Å². The highest BCUT2D eigenvalue weighted by molar-refractivity contribution is 7.87. The van der Waals surface area contributed by atoms with Gasteiger partial charge in [-0.25, -0.2) is 0 Å². The summed E-state index contributed by atoms with van der Waals surface area (Å²) in [6.07, 6.45) is 2.17. The van der Waals surface area contributed by atoms with E-state index in [4.69, 9.17) is 14.2 Å². The van der Waals surface area contributed by atoms with Crippen LogP contribution in [-0.4, -0.2) is 57.0 Å². The van der Waals surface area contributed by atoms with Crippen LogP contribution in [-0.2, 0) is 19.0 Å². The standard InChI is InChI=1S/C20H26F3NO6S/c1-18(2,3)28-13-24-9-7-19(8-10-24)12-17(30-31(25,26)20(21,22)23)15-6-5-14(27-4)11-16(15)29-19/h5-6,11-12H,7-10,13H2,1-4H3. The van der Waals surface area contributed by atoms with Crippen molar-refractivity contribution in [2.75, 3.05) is 26.9 Å². The van der Waals surface area contributed by atoms with Gasteiger partial charge in [-0.1, -0.05) is 0 Å². The van der Waals surface area contributed by atoms with Gasteiger partial charge in [-0.05, 0) is 32.9 Å². The van der Waals surface area contributed by atoms with Crippen molar-refractivity contribution in [2.24, 2.45) is 0 Å². The number of likely N-dealkylation sites (tertiary alicyclic amines) is 1. The van der Waals surface area contributed by atoms with E-state index in [0.717, 1.165) is 0 Å². The number of hydrogen-bond acceptors (Lipinski definition) is 7. The number of nitrogens with zero attached hydrogens (tertiary/aromatic N) is 1. The number of ether oxygens (including phenoxy) is 3. The monoisotopic (exact) mass is 465 g/mol. The van der Waals surface area contributed by atoms with E-state index in [1.807, 2.05) is 20.8 Å². The first-order chi connectivity index (χ1) is 14.2. The van der Waals surface area contributed by atoms with Gasteiger partial charge in [-0.15, -0.1) is 0 Å². The Morgan fingerprint density at radius 1 is 1.16 bits per heavy atom. The average molecular weight is 465 g/mol. The lowest BCUT2D eigenvalue weighted by Gasteiger charge is -2.43. The van der Waals surface area contributed by atoms with Crippen LogP contribution in [0.25, 0.3) is 5.76 Å². The van der Waals surface area contributed by atoms with Crippen molar-refractivity contribution in [3.8, 4) is 11.5 Å². The second-order valence-electron chi connectivity index (χ2n) is 8.52. The molecule has 0 N–H and O–H groups in total. The van der Waals surface area contributed by atoms with Crippen LogP contribution >= 0.6 is 0 Å². The Bertz CT molecular complexity index is 945. The predicted molar refractivity (Wildman–Crippen MR) is 107 cm³/mol. The van der Waals surface area contributed by atoms with E-state index in [1.165, 1.54) is 31.4 Å². The van der Waals surface area contributed by atoms with Gasteiger partial charge in [0, 0.05) is 38.1 Å². The van der Waals surface area contributed by atoms with Crippen molar-refractivity contribution in [1.29, 1.82) is 0 Å². The van der Waals surface area contributed by atoms with Crippen LogP contribution in [0.5, 0.6) is 11.5 Å². The van der Waals surface area contributed by atoms with Gasteiger partial charge in [0.05, 0.1) is 25.0 Å². The Morgan fingerprint density at radius 2 is 1.81 bits per heavy atom. The number of halogens is 3. The van der Waals surface area contributed by atoms with E-state index in [0.29, 0.717) is 38.4 Å². The van der Waals surface area contributed by atoms with Gasteiger partial charge in [0.2, 0.25) is 0 Å². The molecule has 174 valence electrons. The zero-order valence-corrected chi connectivity index (χ0v) is 18.6. The minimum Gasteiger partial charge on any atom is -0.497 e. The number of benzene rings is 1. The molecule has 1 spiro atoms. The van der Waals surface area contributed by atoms with E-state index >= 15 is 0 Å². The van der Waals surface area contributed by atoms with E-state index in [9.17, 15) is 21.6 Å². The van der Waals surface area contributed by atoms with Gasteiger partial charge in [0.15, 0.2) is 5.76 Å². The summed E-state index contributed by atoms with van der Waals surface area (Å²) < 4.78 is 83.8. The van der Waals surface area contributed by atoms with Crippen LogP contribution in [0.4, 0.5) is 13.2 Å². The van der Waals surface area contributed by atoms with Crippen molar-refractivity contribution >= 4 is 15.9 Å². The first kappa shape index (κ1) is 23.7. The molecule has 11 heteroatoms. The molecule has 0 amide bonds. The van der Waals surface area contributed by atoms with Crippen molar-refractivity contribution in [1.82, 2.24) is 4.90 Å².